The standard InChI is InChI=1S/C9H12ClN5/c1-9(2,8-13-11-6-14(8)3)15-7(10)4-5-12-15/h4-6H,1-3H3. The number of hydrogen-bond acceptors (Lipinski definition) is 3. The molecule has 0 amide bonds. The molecule has 0 bridgehead atoms. The molecule has 0 fully saturated rings. The van der Waals surface area contributed by atoms with Gasteiger partial charge in [0.2, 0.25) is 0 Å². The van der Waals surface area contributed by atoms with Crippen molar-refractivity contribution in [1.82, 2.24) is 24.5 Å². The van der Waals surface area contributed by atoms with E-state index in [-0.39, 0.29) is 0 Å². The SMILES string of the molecule is Cn1cnnc1C(C)(C)n1nccc1Cl. The molecule has 0 aromatic carbocycles. The third kappa shape index (κ3) is 1.52. The molecular weight excluding hydrogens is 214 g/mol. The fraction of sp³-hybridized carbons (Fsp3) is 0.444. The highest BCUT2D eigenvalue weighted by Crippen LogP contribution is 2.25. The van der Waals surface area contributed by atoms with E-state index >= 15 is 0 Å². The van der Waals surface area contributed by atoms with Gasteiger partial charge >= 0.3 is 0 Å². The molecule has 15 heavy (non-hydrogen) atoms. The zero-order valence-corrected chi connectivity index (χ0v) is 9.60. The van der Waals surface area contributed by atoms with Gasteiger partial charge in [-0.2, -0.15) is 5.10 Å². The summed E-state index contributed by atoms with van der Waals surface area (Å²) in [6, 6.07) is 1.75. The number of hydrogen-bond donors (Lipinski definition) is 0. The summed E-state index contributed by atoms with van der Waals surface area (Å²) in [7, 11) is 1.90. The van der Waals surface area contributed by atoms with E-state index in [2.05, 4.69) is 15.3 Å². The van der Waals surface area contributed by atoms with Crippen LogP contribution in [0.2, 0.25) is 5.15 Å². The smallest absolute Gasteiger partial charge is 0.160 e. The molecule has 0 aliphatic carbocycles. The first-order valence-electron chi connectivity index (χ1n) is 4.58. The van der Waals surface area contributed by atoms with E-state index in [1.54, 1.807) is 23.3 Å². The molecule has 2 aromatic heterocycles. The normalized spacial score (nSPS) is 12.0. The first-order chi connectivity index (χ1) is 7.03. The molecule has 0 unspecified atom stereocenters. The summed E-state index contributed by atoms with van der Waals surface area (Å²) in [5.74, 6) is 0.813. The molecular formula is C9H12ClN5. The molecule has 0 atom stereocenters. The van der Waals surface area contributed by atoms with E-state index in [4.69, 9.17) is 11.6 Å². The molecule has 0 saturated heterocycles. The summed E-state index contributed by atoms with van der Waals surface area (Å²) in [4.78, 5) is 0. The number of nitrogens with zero attached hydrogens (tertiary/aromatic N) is 5. The summed E-state index contributed by atoms with van der Waals surface area (Å²) in [6.07, 6.45) is 3.33. The van der Waals surface area contributed by atoms with E-state index in [0.717, 1.165) is 5.82 Å². The van der Waals surface area contributed by atoms with Crippen LogP contribution in [-0.4, -0.2) is 24.5 Å². The number of aryl methyl sites for hydroxylation is 1. The summed E-state index contributed by atoms with van der Waals surface area (Å²) >= 11 is 6.04. The van der Waals surface area contributed by atoms with Crippen LogP contribution in [-0.2, 0) is 12.6 Å². The molecule has 0 radical (unpaired) electrons. The van der Waals surface area contributed by atoms with Gasteiger partial charge in [-0.15, -0.1) is 10.2 Å². The lowest BCUT2D eigenvalue weighted by atomic mass is 10.1. The Morgan fingerprint density at radius 2 is 2.13 bits per heavy atom. The average Bonchev–Trinajstić information content (AvgIpc) is 2.73. The molecule has 0 spiro atoms. The van der Waals surface area contributed by atoms with Gasteiger partial charge in [0.25, 0.3) is 0 Å². The monoisotopic (exact) mass is 225 g/mol. The Hall–Kier alpha value is -1.36. The van der Waals surface area contributed by atoms with Crippen LogP contribution in [0, 0.1) is 0 Å². The fourth-order valence-electron chi connectivity index (χ4n) is 1.63. The van der Waals surface area contributed by atoms with Gasteiger partial charge < -0.3 is 4.57 Å². The lowest BCUT2D eigenvalue weighted by Crippen LogP contribution is -2.32. The van der Waals surface area contributed by atoms with E-state index in [1.807, 2.05) is 25.5 Å². The number of aromatic nitrogens is 5. The molecule has 0 aliphatic heterocycles. The first-order valence-corrected chi connectivity index (χ1v) is 4.96. The van der Waals surface area contributed by atoms with Crippen LogP contribution in [0.25, 0.3) is 0 Å². The molecule has 80 valence electrons. The van der Waals surface area contributed by atoms with Gasteiger partial charge in [-0.25, -0.2) is 4.68 Å². The highest BCUT2D eigenvalue weighted by atomic mass is 35.5. The Morgan fingerprint density at radius 1 is 1.40 bits per heavy atom. The molecule has 2 heterocycles. The number of rotatable bonds is 2. The van der Waals surface area contributed by atoms with Crippen LogP contribution in [0.3, 0.4) is 0 Å². The average molecular weight is 226 g/mol. The molecule has 0 aliphatic rings. The second-order valence-corrected chi connectivity index (χ2v) is 4.28. The maximum Gasteiger partial charge on any atom is 0.160 e. The number of halogens is 1. The third-order valence-electron chi connectivity index (χ3n) is 2.38. The molecule has 5 nitrogen and oxygen atoms in total. The minimum atomic E-state index is -0.411. The fourth-order valence-corrected chi connectivity index (χ4v) is 1.94. The van der Waals surface area contributed by atoms with Crippen LogP contribution < -0.4 is 0 Å². The summed E-state index contributed by atoms with van der Waals surface area (Å²) < 4.78 is 3.58. The predicted molar refractivity (Wildman–Crippen MR) is 56.7 cm³/mol. The third-order valence-corrected chi connectivity index (χ3v) is 2.67. The van der Waals surface area contributed by atoms with Gasteiger partial charge in [0.15, 0.2) is 5.82 Å². The van der Waals surface area contributed by atoms with Crippen LogP contribution in [0.5, 0.6) is 0 Å². The molecule has 2 rings (SSSR count). The van der Waals surface area contributed by atoms with E-state index in [9.17, 15) is 0 Å². The second kappa shape index (κ2) is 3.34. The summed E-state index contributed by atoms with van der Waals surface area (Å²) in [6.45, 7) is 3.99. The summed E-state index contributed by atoms with van der Waals surface area (Å²) in [5, 5.41) is 12.7. The van der Waals surface area contributed by atoms with Crippen LogP contribution in [0.15, 0.2) is 18.6 Å². The quantitative estimate of drug-likeness (QED) is 0.777. The van der Waals surface area contributed by atoms with Crippen molar-refractivity contribution in [3.8, 4) is 0 Å². The molecule has 0 saturated carbocycles. The second-order valence-electron chi connectivity index (χ2n) is 3.89. The van der Waals surface area contributed by atoms with Gasteiger partial charge in [0.1, 0.15) is 17.0 Å². The van der Waals surface area contributed by atoms with E-state index in [1.165, 1.54) is 0 Å². The Bertz CT molecular complexity index is 428. The molecule has 0 N–H and O–H groups in total. The van der Waals surface area contributed by atoms with Crippen molar-refractivity contribution in [3.63, 3.8) is 0 Å². The van der Waals surface area contributed by atoms with Gasteiger partial charge in [-0.1, -0.05) is 11.6 Å². The Labute approximate surface area is 92.7 Å². The van der Waals surface area contributed by atoms with Crippen LogP contribution in [0.4, 0.5) is 0 Å². The van der Waals surface area contributed by atoms with Crippen molar-refractivity contribution < 1.29 is 0 Å². The van der Waals surface area contributed by atoms with E-state index in [0.29, 0.717) is 5.15 Å². The van der Waals surface area contributed by atoms with Crippen molar-refractivity contribution in [2.45, 2.75) is 19.4 Å². The molecule has 2 aromatic rings. The van der Waals surface area contributed by atoms with Crippen molar-refractivity contribution in [2.24, 2.45) is 7.05 Å². The van der Waals surface area contributed by atoms with Gasteiger partial charge in [-0.05, 0) is 19.9 Å². The Balaban J connectivity index is 2.53. The minimum absolute atomic E-state index is 0.411. The van der Waals surface area contributed by atoms with Crippen LogP contribution in [0.1, 0.15) is 19.7 Å². The van der Waals surface area contributed by atoms with Crippen molar-refractivity contribution in [3.05, 3.63) is 29.6 Å². The maximum atomic E-state index is 6.04. The molecule has 6 heteroatoms. The Kier molecular flexibility index (Phi) is 2.26. The van der Waals surface area contributed by atoms with Crippen molar-refractivity contribution in [2.75, 3.05) is 0 Å². The largest absolute Gasteiger partial charge is 0.319 e. The van der Waals surface area contributed by atoms with Crippen LogP contribution >= 0.6 is 11.6 Å². The zero-order valence-electron chi connectivity index (χ0n) is 8.85. The highest BCUT2D eigenvalue weighted by molar-refractivity contribution is 6.29. The van der Waals surface area contributed by atoms with Crippen molar-refractivity contribution >= 4 is 11.6 Å². The zero-order chi connectivity index (χ0) is 11.1. The predicted octanol–water partition coefficient (Wildman–Crippen LogP) is 1.45. The first kappa shape index (κ1) is 10.2. The summed E-state index contributed by atoms with van der Waals surface area (Å²) in [5.41, 5.74) is -0.411. The lowest BCUT2D eigenvalue weighted by molar-refractivity contribution is 0.358. The van der Waals surface area contributed by atoms with Gasteiger partial charge in [0.05, 0.1) is 6.20 Å². The van der Waals surface area contributed by atoms with Crippen molar-refractivity contribution in [1.29, 1.82) is 0 Å². The maximum absolute atomic E-state index is 6.04. The van der Waals surface area contributed by atoms with E-state index < -0.39 is 5.54 Å². The minimum Gasteiger partial charge on any atom is -0.319 e. The lowest BCUT2D eigenvalue weighted by Gasteiger charge is -2.24. The highest BCUT2D eigenvalue weighted by Gasteiger charge is 2.30. The van der Waals surface area contributed by atoms with Gasteiger partial charge in [-0.3, -0.25) is 0 Å². The topological polar surface area (TPSA) is 48.5 Å². The van der Waals surface area contributed by atoms with Gasteiger partial charge in [0, 0.05) is 7.05 Å². The Morgan fingerprint density at radius 3 is 2.60 bits per heavy atom.